The zero-order chi connectivity index (χ0) is 51.5. The number of hydrogen-bond acceptors (Lipinski definition) is 13. The van der Waals surface area contributed by atoms with E-state index in [4.69, 9.17) is 21.1 Å². The number of para-hydroxylation sites is 1. The predicted octanol–water partition coefficient (Wildman–Crippen LogP) is 4.97. The number of phenols is 1. The summed E-state index contributed by atoms with van der Waals surface area (Å²) in [5, 5.41) is 37.4. The molecule has 0 aliphatic carbocycles. The quantitative estimate of drug-likeness (QED) is 0.0989. The van der Waals surface area contributed by atoms with Crippen molar-refractivity contribution in [2.75, 3.05) is 77.0 Å². The van der Waals surface area contributed by atoms with E-state index in [2.05, 4.69) is 53.4 Å². The molecule has 2 aromatic carbocycles. The zero-order valence-corrected chi connectivity index (χ0v) is 42.9. The van der Waals surface area contributed by atoms with Crippen LogP contribution >= 0.6 is 0 Å². The minimum Gasteiger partial charge on any atom is -0.507 e. The lowest BCUT2D eigenvalue weighted by Crippen LogP contribution is -2.61. The highest BCUT2D eigenvalue weighted by Gasteiger charge is 2.46. The van der Waals surface area contributed by atoms with Gasteiger partial charge in [0.1, 0.15) is 17.8 Å². The van der Waals surface area contributed by atoms with Crippen molar-refractivity contribution in [1.82, 2.24) is 55.4 Å². The lowest BCUT2D eigenvalue weighted by atomic mass is 9.80. The van der Waals surface area contributed by atoms with Gasteiger partial charge in [-0.05, 0) is 111 Å². The average Bonchev–Trinajstić information content (AvgIpc) is 4.03. The van der Waals surface area contributed by atoms with E-state index in [9.17, 15) is 24.6 Å². The van der Waals surface area contributed by atoms with Crippen LogP contribution in [0.1, 0.15) is 99.2 Å². The van der Waals surface area contributed by atoms with Gasteiger partial charge in [0.05, 0.1) is 31.1 Å². The fraction of sp³-hybridized carbons (Fsp3) is 0.518. The second-order valence-electron chi connectivity index (χ2n) is 21.5. The van der Waals surface area contributed by atoms with E-state index >= 15 is 0 Å². The zero-order valence-electron chi connectivity index (χ0n) is 42.9. The molecular formula is C56H70N12O6. The summed E-state index contributed by atoms with van der Waals surface area (Å²) in [5.74, 6) is 3.11. The highest BCUT2D eigenvalue weighted by atomic mass is 16.5. The van der Waals surface area contributed by atoms with Gasteiger partial charge in [0, 0.05) is 105 Å². The topological polar surface area (TPSA) is 209 Å². The number of nitrogens with zero attached hydrogens (tertiary/aromatic N) is 9. The number of H-pyrrole nitrogens is 1. The number of hydrogen-bond donors (Lipinski definition) is 5. The number of likely N-dealkylation sites (tertiary alicyclic amines) is 3. The molecule has 5 aliphatic heterocycles. The lowest BCUT2D eigenvalue weighted by Gasteiger charge is -2.43. The first-order chi connectivity index (χ1) is 35.8. The molecule has 10 rings (SSSR count). The highest BCUT2D eigenvalue weighted by molar-refractivity contribution is 5.93. The third-order valence-electron chi connectivity index (χ3n) is 16.5. The number of aliphatic hydroxyl groups is 1. The number of nitrogens with one attached hydrogen (secondary N) is 3. The maximum Gasteiger partial charge on any atom is 0.318 e. The molecule has 0 radical (unpaired) electrons. The van der Waals surface area contributed by atoms with Gasteiger partial charge < -0.3 is 50.2 Å². The molecule has 18 nitrogen and oxygen atoms in total. The summed E-state index contributed by atoms with van der Waals surface area (Å²) in [6.45, 7) is 13.9. The Bertz CT molecular complexity index is 2830. The van der Waals surface area contributed by atoms with Crippen LogP contribution in [0.3, 0.4) is 0 Å². The third kappa shape index (κ3) is 10.9. The smallest absolute Gasteiger partial charge is 0.318 e. The molecule has 3 aromatic heterocycles. The Labute approximate surface area is 433 Å². The fourth-order valence-corrected chi connectivity index (χ4v) is 11.9. The summed E-state index contributed by atoms with van der Waals surface area (Å²) in [4.78, 5) is 66.6. The number of anilines is 1. The molecule has 0 bridgehead atoms. The van der Waals surface area contributed by atoms with E-state index < -0.39 is 23.6 Å². The lowest BCUT2D eigenvalue weighted by molar-refractivity contribution is -0.142. The summed E-state index contributed by atoms with van der Waals surface area (Å²) in [6, 6.07) is 14.8. The molecule has 8 heterocycles. The molecular weight excluding hydrogens is 937 g/mol. The number of morpholine rings is 1. The molecule has 4 amide bonds. The number of aromatic nitrogens is 5. The Morgan fingerprint density at radius 1 is 0.946 bits per heavy atom. The number of ether oxygens (including phenoxy) is 1. The number of aromatic hydroxyl groups is 1. The Morgan fingerprint density at radius 2 is 1.68 bits per heavy atom. The summed E-state index contributed by atoms with van der Waals surface area (Å²) in [7, 11) is 0. The number of aromatic amines is 1. The van der Waals surface area contributed by atoms with Crippen molar-refractivity contribution in [1.29, 1.82) is 0 Å². The van der Waals surface area contributed by atoms with E-state index in [0.29, 0.717) is 61.9 Å². The second-order valence-corrected chi connectivity index (χ2v) is 21.5. The molecule has 5 aliphatic rings. The highest BCUT2D eigenvalue weighted by Crippen LogP contribution is 2.39. The number of rotatable bonds is 13. The molecule has 74 heavy (non-hydrogen) atoms. The van der Waals surface area contributed by atoms with Gasteiger partial charge in [-0.25, -0.2) is 14.8 Å². The van der Waals surface area contributed by atoms with Gasteiger partial charge in [0.2, 0.25) is 17.8 Å². The van der Waals surface area contributed by atoms with Gasteiger partial charge in [-0.3, -0.25) is 14.5 Å². The van der Waals surface area contributed by atoms with E-state index in [1.807, 2.05) is 73.6 Å². The van der Waals surface area contributed by atoms with Gasteiger partial charge in [-0.2, -0.15) is 0 Å². The first kappa shape index (κ1) is 50.9. The first-order valence-electron chi connectivity index (χ1n) is 26.5. The van der Waals surface area contributed by atoms with Crippen LogP contribution in [-0.2, 0) is 27.3 Å². The second kappa shape index (κ2) is 22.1. The van der Waals surface area contributed by atoms with Crippen LogP contribution in [-0.4, -0.2) is 169 Å². The molecule has 0 spiro atoms. The van der Waals surface area contributed by atoms with Crippen LogP contribution in [0.15, 0.2) is 67.0 Å². The molecule has 5 aromatic rings. The Morgan fingerprint density at radius 3 is 2.39 bits per heavy atom. The number of urea groups is 1. The van der Waals surface area contributed by atoms with Crippen LogP contribution in [0.2, 0.25) is 0 Å². The molecule has 5 N–H and O–H groups in total. The Hall–Kier alpha value is -6.65. The number of aliphatic hydroxyl groups excluding tert-OH is 1. The number of terminal acetylenes is 1. The van der Waals surface area contributed by atoms with Gasteiger partial charge in [-0.1, -0.05) is 44.0 Å². The summed E-state index contributed by atoms with van der Waals surface area (Å²) < 4.78 is 5.58. The maximum atomic E-state index is 14.8. The van der Waals surface area contributed by atoms with Crippen molar-refractivity contribution in [2.45, 2.75) is 108 Å². The van der Waals surface area contributed by atoms with Crippen molar-refractivity contribution in [2.24, 2.45) is 5.41 Å². The minimum absolute atomic E-state index is 0.00443. The SMILES string of the molecule is C#Cc1ccc(CNC(=O)[C@@H]2C[C@@H](O)CN2C(=O)[C@@H](NC(=O)N2CCC(N3CCC(c4cnc(N5CCc6[nH]c7nnc(-c8ccccc8O)cc7c6[C@H]5C)nc4)CC3)CC2)C(C)(C)CCN2CCOCC2)cc1. The van der Waals surface area contributed by atoms with Crippen LogP contribution in [0.25, 0.3) is 22.3 Å². The van der Waals surface area contributed by atoms with E-state index in [0.717, 1.165) is 110 Å². The molecule has 0 unspecified atom stereocenters. The van der Waals surface area contributed by atoms with Crippen LogP contribution in [0.5, 0.6) is 5.75 Å². The monoisotopic (exact) mass is 1010 g/mol. The predicted molar refractivity (Wildman–Crippen MR) is 281 cm³/mol. The Balaban J connectivity index is 0.737. The van der Waals surface area contributed by atoms with Crippen LogP contribution < -0.4 is 15.5 Å². The summed E-state index contributed by atoms with van der Waals surface area (Å²) in [5.41, 5.74) is 6.36. The number of benzene rings is 2. The van der Waals surface area contributed by atoms with Gasteiger partial charge in [0.15, 0.2) is 5.65 Å². The standard InChI is InChI=1S/C56H70N12O6/c1-5-37-10-12-38(13-11-37)32-57-52(71)47-30-42(69)35-68(47)53(72)50(56(3,4)19-25-64-26-28-74-29-27-64)61-55(73)66-22-16-41(17-23-66)65-20-14-39(15-21-65)40-33-58-54(59-34-40)67-24-18-45-49(36(67)2)44-31-46(62-63-51(44)60-45)43-8-6-7-9-48(43)70/h1,6-13,31,33-34,36,39,41-42,47,50,69-70H,14-30,32,35H2,2-4H3,(H,57,71)(H,60,63)(H,61,73)/t36-,42-,47+,50-/m1/s1. The fourth-order valence-electron chi connectivity index (χ4n) is 11.9. The van der Waals surface area contributed by atoms with Crippen molar-refractivity contribution in [3.63, 3.8) is 0 Å². The number of β-amino-alcohol motifs (C(OH)–C–C–N with tert-alkyl or cyclic N) is 1. The van der Waals surface area contributed by atoms with Crippen LogP contribution in [0, 0.1) is 17.8 Å². The molecule has 0 saturated carbocycles. The average molecular weight is 1010 g/mol. The number of carbonyl (C=O) groups is 3. The van der Waals surface area contributed by atoms with E-state index in [1.165, 1.54) is 4.90 Å². The van der Waals surface area contributed by atoms with Gasteiger partial charge in [-0.15, -0.1) is 16.6 Å². The third-order valence-corrected chi connectivity index (χ3v) is 16.5. The van der Waals surface area contributed by atoms with E-state index in [-0.39, 0.29) is 49.1 Å². The van der Waals surface area contributed by atoms with Gasteiger partial charge in [0.25, 0.3) is 0 Å². The largest absolute Gasteiger partial charge is 0.507 e. The molecule has 4 saturated heterocycles. The molecule has 390 valence electrons. The number of carbonyl (C=O) groups excluding carboxylic acids is 3. The first-order valence-corrected chi connectivity index (χ1v) is 26.5. The number of piperidine rings is 2. The molecule has 4 atom stereocenters. The molecule has 4 fully saturated rings. The number of fused-ring (bicyclic) bond motifs is 3. The normalized spacial score (nSPS) is 21.8. The maximum absolute atomic E-state index is 14.8. The van der Waals surface area contributed by atoms with Crippen LogP contribution in [0.4, 0.5) is 10.7 Å². The molecule has 18 heteroatoms. The van der Waals surface area contributed by atoms with Crippen molar-refractivity contribution < 1.29 is 29.3 Å². The summed E-state index contributed by atoms with van der Waals surface area (Å²) >= 11 is 0. The van der Waals surface area contributed by atoms with E-state index in [1.54, 1.807) is 12.1 Å². The Kier molecular flexibility index (Phi) is 15.2. The number of amides is 4. The van der Waals surface area contributed by atoms with Crippen molar-refractivity contribution in [3.05, 3.63) is 94.9 Å². The van der Waals surface area contributed by atoms with Crippen molar-refractivity contribution in [3.8, 4) is 29.4 Å². The van der Waals surface area contributed by atoms with Gasteiger partial charge >= 0.3 is 6.03 Å². The number of phenolic OH excluding ortho intramolecular Hbond substituents is 1. The van der Waals surface area contributed by atoms with Crippen molar-refractivity contribution >= 4 is 34.8 Å². The summed E-state index contributed by atoms with van der Waals surface area (Å²) in [6.07, 6.45) is 13.8. The minimum atomic E-state index is -0.931.